The van der Waals surface area contributed by atoms with Crippen LogP contribution in [0.1, 0.15) is 23.0 Å². The van der Waals surface area contributed by atoms with Crippen LogP contribution in [0.25, 0.3) is 5.69 Å². The maximum Gasteiger partial charge on any atom is 0.192 e. The molecule has 0 fully saturated rings. The first-order chi connectivity index (χ1) is 9.97. The monoisotopic (exact) mass is 287 g/mol. The third kappa shape index (κ3) is 2.81. The molecule has 21 heavy (non-hydrogen) atoms. The van der Waals surface area contributed by atoms with Gasteiger partial charge in [0.2, 0.25) is 0 Å². The van der Waals surface area contributed by atoms with Crippen LogP contribution < -0.4 is 14.9 Å². The number of carbonyl (C=O) groups is 1. The molecule has 0 atom stereocenters. The first-order valence-electron chi connectivity index (χ1n) is 6.44. The summed E-state index contributed by atoms with van der Waals surface area (Å²) in [7, 11) is 3.12. The minimum atomic E-state index is -0.267. The lowest BCUT2D eigenvalue weighted by Crippen LogP contribution is -2.17. The molecule has 1 aromatic carbocycles. The third-order valence-corrected chi connectivity index (χ3v) is 3.27. The average molecular weight is 287 g/mol. The van der Waals surface area contributed by atoms with Crippen molar-refractivity contribution in [2.45, 2.75) is 13.8 Å². The fourth-order valence-electron chi connectivity index (χ4n) is 2.15. The number of hydrogen-bond donors (Lipinski definition) is 0. The van der Waals surface area contributed by atoms with E-state index in [0.717, 1.165) is 11.4 Å². The number of aryl methyl sites for hydroxylation is 1. The Hall–Kier alpha value is -2.56. The number of ether oxygens (including phenoxy) is 2. The van der Waals surface area contributed by atoms with E-state index in [1.807, 2.05) is 13.0 Å². The van der Waals surface area contributed by atoms with Crippen LogP contribution >= 0.6 is 0 Å². The van der Waals surface area contributed by atoms with E-state index in [1.165, 1.54) is 13.0 Å². The van der Waals surface area contributed by atoms with Crippen molar-refractivity contribution in [2.24, 2.45) is 0 Å². The van der Waals surface area contributed by atoms with E-state index in [0.29, 0.717) is 11.5 Å². The molecule has 1 aromatic heterocycles. The minimum Gasteiger partial charge on any atom is -0.493 e. The molecule has 0 unspecified atom stereocenters. The largest absolute Gasteiger partial charge is 0.493 e. The molecule has 0 saturated carbocycles. The topological polar surface area (TPSA) is 57.5 Å². The Morgan fingerprint density at radius 3 is 2.33 bits per heavy atom. The van der Waals surface area contributed by atoms with E-state index in [-0.39, 0.29) is 16.8 Å². The smallest absolute Gasteiger partial charge is 0.192 e. The summed E-state index contributed by atoms with van der Waals surface area (Å²) >= 11 is 0. The number of ketones is 1. The number of carbonyl (C=O) groups excluding carboxylic acids is 1. The molecule has 2 aromatic rings. The number of methoxy groups -OCH3 is 2. The molecule has 0 aliphatic carbocycles. The van der Waals surface area contributed by atoms with Gasteiger partial charge in [0, 0.05) is 29.7 Å². The molecule has 0 spiro atoms. The van der Waals surface area contributed by atoms with Crippen molar-refractivity contribution < 1.29 is 14.3 Å². The molecule has 1 heterocycles. The Morgan fingerprint density at radius 1 is 1.10 bits per heavy atom. The maximum absolute atomic E-state index is 11.8. The van der Waals surface area contributed by atoms with Gasteiger partial charge >= 0.3 is 0 Å². The van der Waals surface area contributed by atoms with E-state index < -0.39 is 0 Å². The summed E-state index contributed by atoms with van der Waals surface area (Å²) in [6, 6.07) is 6.86. The Bertz CT molecular complexity index is 746. The lowest BCUT2D eigenvalue weighted by molar-refractivity contribution is 0.101. The SMILES string of the molecule is COc1ccc(-n2cc(C(C)=O)c(=O)cc2C)cc1OC. The second-order valence-corrected chi connectivity index (χ2v) is 4.66. The quantitative estimate of drug-likeness (QED) is 0.810. The summed E-state index contributed by atoms with van der Waals surface area (Å²) in [6.07, 6.45) is 1.56. The zero-order valence-corrected chi connectivity index (χ0v) is 12.5. The summed E-state index contributed by atoms with van der Waals surface area (Å²) in [5, 5.41) is 0. The van der Waals surface area contributed by atoms with Gasteiger partial charge in [0.15, 0.2) is 22.7 Å². The lowest BCUT2D eigenvalue weighted by atomic mass is 10.1. The number of rotatable bonds is 4. The molecule has 2 rings (SSSR count). The highest BCUT2D eigenvalue weighted by Crippen LogP contribution is 2.29. The van der Waals surface area contributed by atoms with Crippen molar-refractivity contribution in [3.05, 3.63) is 51.9 Å². The molecule has 5 nitrogen and oxygen atoms in total. The van der Waals surface area contributed by atoms with E-state index in [9.17, 15) is 9.59 Å². The average Bonchev–Trinajstić information content (AvgIpc) is 2.46. The van der Waals surface area contributed by atoms with Crippen LogP contribution in [0.15, 0.2) is 35.3 Å². The molecule has 0 amide bonds. The van der Waals surface area contributed by atoms with Crippen LogP contribution in [0.3, 0.4) is 0 Å². The van der Waals surface area contributed by atoms with Gasteiger partial charge in [-0.2, -0.15) is 0 Å². The van der Waals surface area contributed by atoms with Gasteiger partial charge in [-0.1, -0.05) is 0 Å². The molecule has 0 radical (unpaired) electrons. The van der Waals surface area contributed by atoms with Gasteiger partial charge in [0.25, 0.3) is 0 Å². The number of benzene rings is 1. The van der Waals surface area contributed by atoms with Crippen LogP contribution in [0.5, 0.6) is 11.5 Å². The number of pyridine rings is 1. The number of nitrogens with zero attached hydrogens (tertiary/aromatic N) is 1. The highest BCUT2D eigenvalue weighted by atomic mass is 16.5. The number of aromatic nitrogens is 1. The summed E-state index contributed by atoms with van der Waals surface area (Å²) < 4.78 is 12.3. The maximum atomic E-state index is 11.8. The van der Waals surface area contributed by atoms with Crippen molar-refractivity contribution in [2.75, 3.05) is 14.2 Å². The van der Waals surface area contributed by atoms with E-state index >= 15 is 0 Å². The fraction of sp³-hybridized carbons (Fsp3) is 0.250. The van der Waals surface area contributed by atoms with Gasteiger partial charge in [-0.3, -0.25) is 9.59 Å². The predicted octanol–water partition coefficient (Wildman–Crippen LogP) is 2.37. The van der Waals surface area contributed by atoms with Crippen LogP contribution in [0, 0.1) is 6.92 Å². The molecular formula is C16H17NO4. The fourth-order valence-corrected chi connectivity index (χ4v) is 2.15. The van der Waals surface area contributed by atoms with Crippen molar-refractivity contribution in [1.29, 1.82) is 0 Å². The minimum absolute atomic E-state index is 0.162. The number of Topliss-reactive ketones (excluding diaryl/α,β-unsaturated/α-hetero) is 1. The number of hydrogen-bond acceptors (Lipinski definition) is 4. The lowest BCUT2D eigenvalue weighted by Gasteiger charge is -2.14. The highest BCUT2D eigenvalue weighted by Gasteiger charge is 2.11. The van der Waals surface area contributed by atoms with Crippen LogP contribution in [0.4, 0.5) is 0 Å². The van der Waals surface area contributed by atoms with Crippen molar-refractivity contribution in [3.63, 3.8) is 0 Å². The second-order valence-electron chi connectivity index (χ2n) is 4.66. The van der Waals surface area contributed by atoms with E-state index in [2.05, 4.69) is 0 Å². The van der Waals surface area contributed by atoms with Gasteiger partial charge in [-0.05, 0) is 26.0 Å². The molecular weight excluding hydrogens is 270 g/mol. The van der Waals surface area contributed by atoms with Gasteiger partial charge in [0.1, 0.15) is 0 Å². The zero-order valence-electron chi connectivity index (χ0n) is 12.5. The van der Waals surface area contributed by atoms with Crippen molar-refractivity contribution >= 4 is 5.78 Å². The second kappa shape index (κ2) is 5.83. The predicted molar refractivity (Wildman–Crippen MR) is 79.9 cm³/mol. The van der Waals surface area contributed by atoms with Gasteiger partial charge in [-0.15, -0.1) is 0 Å². The van der Waals surface area contributed by atoms with Crippen molar-refractivity contribution in [3.8, 4) is 17.2 Å². The van der Waals surface area contributed by atoms with Crippen LogP contribution in [-0.4, -0.2) is 24.6 Å². The first kappa shape index (κ1) is 14.8. The Balaban J connectivity index is 2.64. The summed E-state index contributed by atoms with van der Waals surface area (Å²) in [5.74, 6) is 0.943. The van der Waals surface area contributed by atoms with E-state index in [1.54, 1.807) is 37.1 Å². The molecule has 5 heteroatoms. The van der Waals surface area contributed by atoms with E-state index in [4.69, 9.17) is 9.47 Å². The zero-order chi connectivity index (χ0) is 15.6. The van der Waals surface area contributed by atoms with Gasteiger partial charge < -0.3 is 14.0 Å². The van der Waals surface area contributed by atoms with Crippen LogP contribution in [-0.2, 0) is 0 Å². The molecule has 0 aliphatic heterocycles. The molecule has 110 valence electrons. The summed E-state index contributed by atoms with van der Waals surface area (Å²) in [6.45, 7) is 3.19. The Morgan fingerprint density at radius 2 is 1.76 bits per heavy atom. The molecule has 0 bridgehead atoms. The van der Waals surface area contributed by atoms with Crippen molar-refractivity contribution in [1.82, 2.24) is 4.57 Å². The standard InChI is InChI=1S/C16H17NO4/c1-10-7-14(19)13(11(2)18)9-17(10)12-5-6-15(20-3)16(8-12)21-4/h5-9H,1-4H3. The first-order valence-corrected chi connectivity index (χ1v) is 6.44. The summed E-state index contributed by atoms with van der Waals surface area (Å²) in [5.41, 5.74) is 1.41. The van der Waals surface area contributed by atoms with Crippen LogP contribution in [0.2, 0.25) is 0 Å². The highest BCUT2D eigenvalue weighted by molar-refractivity contribution is 5.93. The van der Waals surface area contributed by atoms with Gasteiger partial charge in [-0.25, -0.2) is 0 Å². The normalized spacial score (nSPS) is 10.3. The van der Waals surface area contributed by atoms with Gasteiger partial charge in [0.05, 0.1) is 19.8 Å². The third-order valence-electron chi connectivity index (χ3n) is 3.27. The molecule has 0 N–H and O–H groups in total. The molecule has 0 saturated heterocycles. The Labute approximate surface area is 122 Å². The Kier molecular flexibility index (Phi) is 4.12. The molecule has 0 aliphatic rings. The summed E-state index contributed by atoms with van der Waals surface area (Å²) in [4.78, 5) is 23.3.